The summed E-state index contributed by atoms with van der Waals surface area (Å²) in [6.07, 6.45) is -10.4. The van der Waals surface area contributed by atoms with Crippen LogP contribution in [0.5, 0.6) is 0 Å². The van der Waals surface area contributed by atoms with Gasteiger partial charge in [0.15, 0.2) is 0 Å². The van der Waals surface area contributed by atoms with E-state index in [0.29, 0.717) is 12.1 Å². The van der Waals surface area contributed by atoms with Crippen LogP contribution in [0.4, 0.5) is 26.3 Å². The zero-order valence-electron chi connectivity index (χ0n) is 11.8. The number of ether oxygens (including phenoxy) is 1. The average molecular weight is 354 g/mol. The van der Waals surface area contributed by atoms with Gasteiger partial charge < -0.3 is 9.26 Å². The third-order valence-electron chi connectivity index (χ3n) is 2.84. The molecule has 24 heavy (non-hydrogen) atoms. The second kappa shape index (κ2) is 6.13. The van der Waals surface area contributed by atoms with Gasteiger partial charge in [0.25, 0.3) is 0 Å². The minimum Gasteiger partial charge on any atom is -0.469 e. The largest absolute Gasteiger partial charge is 0.469 e. The van der Waals surface area contributed by atoms with Crippen molar-refractivity contribution in [3.8, 4) is 11.4 Å². The van der Waals surface area contributed by atoms with Crippen LogP contribution in [0.3, 0.4) is 0 Å². The normalized spacial score (nSPS) is 12.3. The van der Waals surface area contributed by atoms with Crippen LogP contribution < -0.4 is 0 Å². The Morgan fingerprint density at radius 1 is 1.08 bits per heavy atom. The van der Waals surface area contributed by atoms with E-state index in [1.54, 1.807) is 0 Å². The highest BCUT2D eigenvalue weighted by Crippen LogP contribution is 2.38. The van der Waals surface area contributed by atoms with Gasteiger partial charge in [-0.25, -0.2) is 0 Å². The first-order chi connectivity index (χ1) is 11.0. The number of carbonyl (C=O) groups is 1. The molecular formula is C13H8F6N2O3. The van der Waals surface area contributed by atoms with E-state index in [1.807, 2.05) is 0 Å². The molecule has 2 aromatic rings. The van der Waals surface area contributed by atoms with E-state index in [9.17, 15) is 31.1 Å². The SMILES string of the molecule is COC(=O)Cc1nc(-c2cc(C(F)(F)F)cc(C(F)(F)F)c2)no1. The fraction of sp³-hybridized carbons (Fsp3) is 0.308. The van der Waals surface area contributed by atoms with Crippen molar-refractivity contribution in [1.82, 2.24) is 10.1 Å². The number of methoxy groups -OCH3 is 1. The lowest BCUT2D eigenvalue weighted by Gasteiger charge is -2.12. The van der Waals surface area contributed by atoms with Crippen LogP contribution in [0.1, 0.15) is 17.0 Å². The molecule has 0 aliphatic rings. The monoisotopic (exact) mass is 354 g/mol. The molecule has 11 heteroatoms. The molecule has 0 aliphatic carbocycles. The van der Waals surface area contributed by atoms with Crippen molar-refractivity contribution in [3.05, 3.63) is 35.2 Å². The Labute approximate surface area is 130 Å². The number of benzene rings is 1. The van der Waals surface area contributed by atoms with Crippen molar-refractivity contribution >= 4 is 5.97 Å². The number of rotatable bonds is 3. The Bertz CT molecular complexity index is 719. The Kier molecular flexibility index (Phi) is 4.54. The lowest BCUT2D eigenvalue weighted by molar-refractivity contribution is -0.143. The Balaban J connectivity index is 2.48. The fourth-order valence-corrected chi connectivity index (χ4v) is 1.72. The number of aromatic nitrogens is 2. The Morgan fingerprint density at radius 2 is 1.62 bits per heavy atom. The molecule has 0 fully saturated rings. The zero-order chi connectivity index (χ0) is 18.1. The van der Waals surface area contributed by atoms with Crippen LogP contribution >= 0.6 is 0 Å². The molecule has 0 atom stereocenters. The van der Waals surface area contributed by atoms with Gasteiger partial charge in [0, 0.05) is 5.56 Å². The lowest BCUT2D eigenvalue weighted by Crippen LogP contribution is -2.11. The number of carbonyl (C=O) groups excluding carboxylic acids is 1. The predicted octanol–water partition coefficient (Wildman–Crippen LogP) is 3.49. The molecule has 1 aromatic carbocycles. The lowest BCUT2D eigenvalue weighted by atomic mass is 10.0. The quantitative estimate of drug-likeness (QED) is 0.624. The van der Waals surface area contributed by atoms with Crippen molar-refractivity contribution in [2.45, 2.75) is 18.8 Å². The molecule has 0 bridgehead atoms. The zero-order valence-corrected chi connectivity index (χ0v) is 11.8. The van der Waals surface area contributed by atoms with Crippen molar-refractivity contribution in [3.63, 3.8) is 0 Å². The molecule has 0 unspecified atom stereocenters. The number of nitrogens with zero attached hydrogens (tertiary/aromatic N) is 2. The molecule has 2 rings (SSSR count). The molecule has 0 radical (unpaired) electrons. The van der Waals surface area contributed by atoms with Crippen LogP contribution in [0.15, 0.2) is 22.7 Å². The minimum atomic E-state index is -4.99. The summed E-state index contributed by atoms with van der Waals surface area (Å²) in [5, 5.41) is 3.29. The fourth-order valence-electron chi connectivity index (χ4n) is 1.72. The number of hydrogen-bond donors (Lipinski definition) is 0. The highest BCUT2D eigenvalue weighted by molar-refractivity contribution is 5.71. The highest BCUT2D eigenvalue weighted by Gasteiger charge is 2.37. The van der Waals surface area contributed by atoms with Gasteiger partial charge in [-0.05, 0) is 18.2 Å². The summed E-state index contributed by atoms with van der Waals surface area (Å²) in [6, 6.07) is 0.906. The highest BCUT2D eigenvalue weighted by atomic mass is 19.4. The first kappa shape index (κ1) is 17.8. The van der Waals surface area contributed by atoms with E-state index in [1.165, 1.54) is 0 Å². The third-order valence-corrected chi connectivity index (χ3v) is 2.84. The van der Waals surface area contributed by atoms with Gasteiger partial charge in [0.05, 0.1) is 18.2 Å². The van der Waals surface area contributed by atoms with E-state index >= 15 is 0 Å². The topological polar surface area (TPSA) is 65.2 Å². The summed E-state index contributed by atoms with van der Waals surface area (Å²) >= 11 is 0. The molecule has 1 aromatic heterocycles. The molecular weight excluding hydrogens is 346 g/mol. The molecule has 0 saturated carbocycles. The second-order valence-corrected chi connectivity index (χ2v) is 4.56. The van der Waals surface area contributed by atoms with Gasteiger partial charge >= 0.3 is 18.3 Å². The number of alkyl halides is 6. The summed E-state index contributed by atoms with van der Waals surface area (Å²) < 4.78 is 85.6. The minimum absolute atomic E-state index is 0.0149. The number of esters is 1. The van der Waals surface area contributed by atoms with Crippen LogP contribution in [-0.2, 0) is 28.3 Å². The predicted molar refractivity (Wildman–Crippen MR) is 65.5 cm³/mol. The first-order valence-corrected chi connectivity index (χ1v) is 6.20. The van der Waals surface area contributed by atoms with Crippen LogP contribution in [-0.4, -0.2) is 23.2 Å². The Hall–Kier alpha value is -2.59. The summed E-state index contributed by atoms with van der Waals surface area (Å²) in [5.41, 5.74) is -3.56. The van der Waals surface area contributed by atoms with Gasteiger partial charge in [-0.3, -0.25) is 4.79 Å². The molecule has 0 N–H and O–H groups in total. The summed E-state index contributed by atoms with van der Waals surface area (Å²) in [4.78, 5) is 14.7. The van der Waals surface area contributed by atoms with Gasteiger partial charge in [0.2, 0.25) is 11.7 Å². The molecule has 1 heterocycles. The number of halogens is 6. The van der Waals surface area contributed by atoms with E-state index in [4.69, 9.17) is 0 Å². The molecule has 0 aliphatic heterocycles. The van der Waals surface area contributed by atoms with Crippen molar-refractivity contribution < 1.29 is 40.4 Å². The van der Waals surface area contributed by atoms with Gasteiger partial charge in [-0.1, -0.05) is 5.16 Å². The summed E-state index contributed by atoms with van der Waals surface area (Å²) in [5.74, 6) is -1.57. The summed E-state index contributed by atoms with van der Waals surface area (Å²) in [7, 11) is 1.09. The van der Waals surface area contributed by atoms with Crippen LogP contribution in [0.2, 0.25) is 0 Å². The molecule has 5 nitrogen and oxygen atoms in total. The smallest absolute Gasteiger partial charge is 0.416 e. The van der Waals surface area contributed by atoms with Crippen LogP contribution in [0.25, 0.3) is 11.4 Å². The molecule has 130 valence electrons. The van der Waals surface area contributed by atoms with Crippen molar-refractivity contribution in [2.75, 3.05) is 7.11 Å². The van der Waals surface area contributed by atoms with Gasteiger partial charge in [0.1, 0.15) is 6.42 Å². The molecule has 0 saturated heterocycles. The first-order valence-electron chi connectivity index (χ1n) is 6.20. The number of hydrogen-bond acceptors (Lipinski definition) is 5. The van der Waals surface area contributed by atoms with E-state index < -0.39 is 47.3 Å². The van der Waals surface area contributed by atoms with E-state index in [2.05, 4.69) is 19.4 Å². The third kappa shape index (κ3) is 4.03. The van der Waals surface area contributed by atoms with Crippen molar-refractivity contribution in [1.29, 1.82) is 0 Å². The average Bonchev–Trinajstić information content (AvgIpc) is 2.93. The Morgan fingerprint density at radius 3 is 2.08 bits per heavy atom. The van der Waals surface area contributed by atoms with E-state index in [-0.39, 0.29) is 12.0 Å². The van der Waals surface area contributed by atoms with E-state index in [0.717, 1.165) is 7.11 Å². The maximum Gasteiger partial charge on any atom is 0.416 e. The molecule has 0 spiro atoms. The van der Waals surface area contributed by atoms with Crippen LogP contribution in [0, 0.1) is 0 Å². The standard InChI is InChI=1S/C13H8F6N2O3/c1-23-10(22)5-9-20-11(21-24-9)6-2-7(12(14,15)16)4-8(3-6)13(17,18)19/h2-4H,5H2,1H3. The second-order valence-electron chi connectivity index (χ2n) is 4.56. The molecule has 0 amide bonds. The van der Waals surface area contributed by atoms with Crippen molar-refractivity contribution in [2.24, 2.45) is 0 Å². The maximum absolute atomic E-state index is 12.8. The maximum atomic E-state index is 12.8. The summed E-state index contributed by atoms with van der Waals surface area (Å²) in [6.45, 7) is 0. The van der Waals surface area contributed by atoms with Gasteiger partial charge in [-0.15, -0.1) is 0 Å². The van der Waals surface area contributed by atoms with Gasteiger partial charge in [-0.2, -0.15) is 31.3 Å².